The molecule has 0 saturated heterocycles. The summed E-state index contributed by atoms with van der Waals surface area (Å²) in [4.78, 5) is 6.66. The van der Waals surface area contributed by atoms with E-state index < -0.39 is 0 Å². The highest BCUT2D eigenvalue weighted by Gasteiger charge is 2.02. The molecule has 1 aromatic heterocycles. The first-order chi connectivity index (χ1) is 7.06. The second-order valence-electron chi connectivity index (χ2n) is 3.06. The summed E-state index contributed by atoms with van der Waals surface area (Å²) in [7, 11) is 2.01. The molecule has 15 heavy (non-hydrogen) atoms. The molecule has 0 N–H and O–H groups in total. The van der Waals surface area contributed by atoms with Gasteiger partial charge in [0.25, 0.3) is 0 Å². The molecule has 0 spiro atoms. The van der Waals surface area contributed by atoms with Gasteiger partial charge in [-0.2, -0.15) is 0 Å². The van der Waals surface area contributed by atoms with E-state index in [0.29, 0.717) is 4.32 Å². The number of hydrogen-bond donors (Lipinski definition) is 0. The van der Waals surface area contributed by atoms with Gasteiger partial charge in [-0.1, -0.05) is 30.1 Å². The van der Waals surface area contributed by atoms with Crippen LogP contribution in [-0.2, 0) is 7.05 Å². The molecule has 0 aliphatic rings. The Morgan fingerprint density at radius 3 is 2.80 bits per heavy atom. The maximum atomic E-state index is 5.16. The van der Waals surface area contributed by atoms with Crippen molar-refractivity contribution < 1.29 is 0 Å². The van der Waals surface area contributed by atoms with E-state index in [4.69, 9.17) is 12.2 Å². The van der Waals surface area contributed by atoms with Crippen molar-refractivity contribution in [3.05, 3.63) is 28.0 Å². The SMILES string of the molecule is C=CCSC(=S)N=c1sc(C)c(C)n1C. The van der Waals surface area contributed by atoms with Crippen LogP contribution < -0.4 is 4.80 Å². The third-order valence-corrected chi connectivity index (χ3v) is 4.39. The molecule has 0 saturated carbocycles. The van der Waals surface area contributed by atoms with Crippen LogP contribution >= 0.6 is 35.3 Å². The Kier molecular flexibility index (Phi) is 4.76. The second kappa shape index (κ2) is 5.63. The number of aromatic nitrogens is 1. The van der Waals surface area contributed by atoms with Gasteiger partial charge in [0, 0.05) is 23.4 Å². The monoisotopic (exact) mass is 258 g/mol. The fourth-order valence-corrected chi connectivity index (χ4v) is 2.78. The lowest BCUT2D eigenvalue weighted by atomic mass is 10.4. The molecule has 0 aromatic carbocycles. The molecule has 0 fully saturated rings. The van der Waals surface area contributed by atoms with Gasteiger partial charge < -0.3 is 4.57 Å². The van der Waals surface area contributed by atoms with Gasteiger partial charge in [0.1, 0.15) is 0 Å². The number of rotatable bonds is 2. The van der Waals surface area contributed by atoms with Crippen LogP contribution in [0.3, 0.4) is 0 Å². The molecule has 1 rings (SSSR count). The normalized spacial score (nSPS) is 11.8. The Labute approximate surface area is 104 Å². The standard InChI is InChI=1S/C10H14N2S3/c1-5-6-14-10(13)11-9-12(4)7(2)8(3)15-9/h5H,1,6H2,2-4H3. The Bertz CT molecular complexity index is 440. The average molecular weight is 258 g/mol. The van der Waals surface area contributed by atoms with Crippen LogP contribution in [0.4, 0.5) is 0 Å². The van der Waals surface area contributed by atoms with E-state index in [1.54, 1.807) is 11.3 Å². The summed E-state index contributed by atoms with van der Waals surface area (Å²) < 4.78 is 2.74. The zero-order valence-electron chi connectivity index (χ0n) is 9.11. The zero-order valence-corrected chi connectivity index (χ0v) is 11.6. The average Bonchev–Trinajstić information content (AvgIpc) is 2.43. The molecule has 0 atom stereocenters. The summed E-state index contributed by atoms with van der Waals surface area (Å²) in [6.45, 7) is 7.83. The lowest BCUT2D eigenvalue weighted by Gasteiger charge is -1.96. The zero-order chi connectivity index (χ0) is 11.4. The minimum absolute atomic E-state index is 0.673. The van der Waals surface area contributed by atoms with Crippen molar-refractivity contribution in [1.82, 2.24) is 4.57 Å². The topological polar surface area (TPSA) is 17.3 Å². The molecule has 1 aromatic rings. The predicted octanol–water partition coefficient (Wildman–Crippen LogP) is 2.81. The summed E-state index contributed by atoms with van der Waals surface area (Å²) in [6.07, 6.45) is 1.83. The molecule has 0 aliphatic heterocycles. The quantitative estimate of drug-likeness (QED) is 0.599. The van der Waals surface area contributed by atoms with E-state index in [-0.39, 0.29) is 0 Å². The first-order valence-corrected chi connectivity index (χ1v) is 6.72. The number of aryl methyl sites for hydroxylation is 1. The molecule has 0 bridgehead atoms. The summed E-state index contributed by atoms with van der Waals surface area (Å²) >= 11 is 8.36. The molecule has 5 heteroatoms. The van der Waals surface area contributed by atoms with Crippen molar-refractivity contribution in [2.24, 2.45) is 12.0 Å². The summed E-state index contributed by atoms with van der Waals surface area (Å²) in [5, 5.41) is 0. The summed E-state index contributed by atoms with van der Waals surface area (Å²) in [6, 6.07) is 0. The van der Waals surface area contributed by atoms with E-state index in [1.165, 1.54) is 22.3 Å². The minimum Gasteiger partial charge on any atom is -0.324 e. The van der Waals surface area contributed by atoms with E-state index in [9.17, 15) is 0 Å². The number of thiazole rings is 1. The molecule has 0 amide bonds. The molecule has 0 aliphatic carbocycles. The van der Waals surface area contributed by atoms with Crippen LogP contribution in [0.2, 0.25) is 0 Å². The van der Waals surface area contributed by atoms with Gasteiger partial charge in [-0.25, -0.2) is 4.99 Å². The van der Waals surface area contributed by atoms with Gasteiger partial charge >= 0.3 is 0 Å². The highest BCUT2D eigenvalue weighted by atomic mass is 32.2. The first-order valence-electron chi connectivity index (χ1n) is 4.51. The lowest BCUT2D eigenvalue weighted by Crippen LogP contribution is -2.12. The van der Waals surface area contributed by atoms with E-state index in [0.717, 1.165) is 10.6 Å². The van der Waals surface area contributed by atoms with Crippen LogP contribution in [0.1, 0.15) is 10.6 Å². The third kappa shape index (κ3) is 3.29. The van der Waals surface area contributed by atoms with Crippen LogP contribution in [0.15, 0.2) is 17.6 Å². The number of hydrogen-bond acceptors (Lipinski definition) is 3. The summed E-state index contributed by atoms with van der Waals surface area (Å²) in [5.74, 6) is 0.815. The third-order valence-electron chi connectivity index (χ3n) is 2.06. The Morgan fingerprint density at radius 1 is 1.67 bits per heavy atom. The highest BCUT2D eigenvalue weighted by Crippen LogP contribution is 2.09. The number of thioether (sulfide) groups is 1. The Balaban J connectivity index is 2.95. The van der Waals surface area contributed by atoms with Crippen molar-refractivity contribution in [3.8, 4) is 0 Å². The van der Waals surface area contributed by atoms with Crippen LogP contribution in [0.5, 0.6) is 0 Å². The van der Waals surface area contributed by atoms with Crippen molar-refractivity contribution in [2.75, 3.05) is 5.75 Å². The maximum Gasteiger partial charge on any atom is 0.191 e. The molecule has 82 valence electrons. The molecule has 2 nitrogen and oxygen atoms in total. The Hall–Kier alpha value is -0.390. The maximum absolute atomic E-state index is 5.16. The lowest BCUT2D eigenvalue weighted by molar-refractivity contribution is 0.834. The molecule has 0 radical (unpaired) electrons. The minimum atomic E-state index is 0.673. The predicted molar refractivity (Wildman–Crippen MR) is 73.6 cm³/mol. The van der Waals surface area contributed by atoms with Gasteiger partial charge in [0.2, 0.25) is 0 Å². The molecular formula is C10H14N2S3. The number of thiocarbonyl (C=S) groups is 1. The van der Waals surface area contributed by atoms with E-state index >= 15 is 0 Å². The molecule has 1 heterocycles. The van der Waals surface area contributed by atoms with E-state index in [1.807, 2.05) is 13.1 Å². The van der Waals surface area contributed by atoms with Crippen LogP contribution in [0, 0.1) is 13.8 Å². The molecular weight excluding hydrogens is 244 g/mol. The Morgan fingerprint density at radius 2 is 2.33 bits per heavy atom. The van der Waals surface area contributed by atoms with Gasteiger partial charge in [0.05, 0.1) is 0 Å². The van der Waals surface area contributed by atoms with Crippen LogP contribution in [0.25, 0.3) is 0 Å². The van der Waals surface area contributed by atoms with Crippen LogP contribution in [-0.4, -0.2) is 14.6 Å². The fourth-order valence-electron chi connectivity index (χ4n) is 0.997. The fraction of sp³-hybridized carbons (Fsp3) is 0.400. The van der Waals surface area contributed by atoms with Gasteiger partial charge in [-0.15, -0.1) is 17.9 Å². The highest BCUT2D eigenvalue weighted by molar-refractivity contribution is 8.23. The molecule has 0 unspecified atom stereocenters. The van der Waals surface area contributed by atoms with Gasteiger partial charge in [-0.05, 0) is 13.8 Å². The van der Waals surface area contributed by atoms with Crippen molar-refractivity contribution in [1.29, 1.82) is 0 Å². The van der Waals surface area contributed by atoms with Gasteiger partial charge in [-0.3, -0.25) is 0 Å². The second-order valence-corrected chi connectivity index (χ2v) is 5.90. The summed E-state index contributed by atoms with van der Waals surface area (Å²) in [5.41, 5.74) is 1.25. The smallest absolute Gasteiger partial charge is 0.191 e. The number of nitrogens with zero attached hydrogens (tertiary/aromatic N) is 2. The van der Waals surface area contributed by atoms with Gasteiger partial charge in [0.15, 0.2) is 9.12 Å². The van der Waals surface area contributed by atoms with E-state index in [2.05, 4.69) is 30.0 Å². The largest absolute Gasteiger partial charge is 0.324 e. The van der Waals surface area contributed by atoms with Crippen molar-refractivity contribution in [2.45, 2.75) is 13.8 Å². The van der Waals surface area contributed by atoms with Crippen molar-refractivity contribution in [3.63, 3.8) is 0 Å². The first kappa shape index (κ1) is 12.7. The van der Waals surface area contributed by atoms with Crippen molar-refractivity contribution >= 4 is 39.6 Å².